The van der Waals surface area contributed by atoms with Crippen LogP contribution in [0.25, 0.3) is 0 Å². The number of aryl methyl sites for hydroxylation is 2. The summed E-state index contributed by atoms with van der Waals surface area (Å²) in [6.45, 7) is 12.8. The van der Waals surface area contributed by atoms with Crippen molar-refractivity contribution in [3.05, 3.63) is 33.1 Å². The van der Waals surface area contributed by atoms with Crippen LogP contribution in [-0.2, 0) is 23.1 Å². The van der Waals surface area contributed by atoms with Crippen molar-refractivity contribution in [2.24, 2.45) is 0 Å². The summed E-state index contributed by atoms with van der Waals surface area (Å²) in [6, 6.07) is -0.0829. The highest BCUT2D eigenvalue weighted by atomic mass is 32.1. The summed E-state index contributed by atoms with van der Waals surface area (Å²) in [5.41, 5.74) is 2.75. The lowest BCUT2D eigenvalue weighted by Gasteiger charge is -2.34. The Morgan fingerprint density at radius 3 is 2.40 bits per heavy atom. The zero-order chi connectivity index (χ0) is 21.9. The second kappa shape index (κ2) is 9.16. The van der Waals surface area contributed by atoms with Crippen LogP contribution in [0.1, 0.15) is 48.5 Å². The predicted molar refractivity (Wildman–Crippen MR) is 116 cm³/mol. The maximum absolute atomic E-state index is 12.6. The molecule has 0 radical (unpaired) electrons. The first-order valence-electron chi connectivity index (χ1n) is 10.3. The van der Waals surface area contributed by atoms with Crippen LogP contribution in [0.3, 0.4) is 0 Å². The Labute approximate surface area is 181 Å². The first kappa shape index (κ1) is 22.3. The van der Waals surface area contributed by atoms with Gasteiger partial charge in [0.2, 0.25) is 5.91 Å². The van der Waals surface area contributed by atoms with Crippen LogP contribution in [0.4, 0.5) is 4.79 Å². The van der Waals surface area contributed by atoms with Gasteiger partial charge in [-0.1, -0.05) is 25.9 Å². The van der Waals surface area contributed by atoms with E-state index in [1.54, 1.807) is 21.1 Å². The highest BCUT2D eigenvalue weighted by molar-refractivity contribution is 7.09. The molecule has 0 saturated carbocycles. The topological polar surface area (TPSA) is 91.6 Å². The summed E-state index contributed by atoms with van der Waals surface area (Å²) < 4.78 is 5.13. The quantitative estimate of drug-likeness (QED) is 0.783. The summed E-state index contributed by atoms with van der Waals surface area (Å²) >= 11 is 1.64. The SMILES string of the molecule is Cc1noc(C)c1CC(=O)N1CCN(C(=O)NCCc2nc(C(C)(C)C)cs2)CC1. The monoisotopic (exact) mass is 433 g/mol. The molecule has 2 aromatic heterocycles. The van der Waals surface area contributed by atoms with Gasteiger partial charge >= 0.3 is 6.03 Å². The van der Waals surface area contributed by atoms with E-state index in [1.807, 2.05) is 13.8 Å². The summed E-state index contributed by atoms with van der Waals surface area (Å²) in [5.74, 6) is 0.733. The Bertz CT molecular complexity index is 871. The minimum absolute atomic E-state index is 0.0423. The molecule has 9 heteroatoms. The summed E-state index contributed by atoms with van der Waals surface area (Å²) in [6.07, 6.45) is 1.01. The van der Waals surface area contributed by atoms with Crippen LogP contribution in [0.15, 0.2) is 9.90 Å². The average Bonchev–Trinajstić information content (AvgIpc) is 3.30. The van der Waals surface area contributed by atoms with Crippen LogP contribution >= 0.6 is 11.3 Å². The first-order valence-corrected chi connectivity index (χ1v) is 11.2. The van der Waals surface area contributed by atoms with E-state index in [2.05, 4.69) is 41.6 Å². The molecule has 1 fully saturated rings. The van der Waals surface area contributed by atoms with Gasteiger partial charge in [-0.25, -0.2) is 9.78 Å². The van der Waals surface area contributed by atoms with Gasteiger partial charge in [-0.2, -0.15) is 0 Å². The molecule has 1 N–H and O–H groups in total. The molecule has 3 amide bonds. The van der Waals surface area contributed by atoms with E-state index in [1.165, 1.54) is 0 Å². The van der Waals surface area contributed by atoms with Crippen molar-refractivity contribution in [1.82, 2.24) is 25.3 Å². The van der Waals surface area contributed by atoms with Crippen LogP contribution < -0.4 is 5.32 Å². The molecular formula is C21H31N5O3S. The number of carbonyl (C=O) groups is 2. The first-order chi connectivity index (χ1) is 14.1. The third kappa shape index (κ3) is 5.38. The Hall–Kier alpha value is -2.42. The number of thiazole rings is 1. The van der Waals surface area contributed by atoms with Gasteiger partial charge in [0.25, 0.3) is 0 Å². The smallest absolute Gasteiger partial charge is 0.317 e. The van der Waals surface area contributed by atoms with E-state index in [-0.39, 0.29) is 23.8 Å². The number of hydrogen-bond donors (Lipinski definition) is 1. The van der Waals surface area contributed by atoms with Crippen LogP contribution in [0, 0.1) is 13.8 Å². The lowest BCUT2D eigenvalue weighted by atomic mass is 9.93. The number of hydrogen-bond acceptors (Lipinski definition) is 6. The Morgan fingerprint density at radius 1 is 1.17 bits per heavy atom. The van der Waals surface area contributed by atoms with Crippen molar-refractivity contribution < 1.29 is 14.1 Å². The molecule has 0 bridgehead atoms. The summed E-state index contributed by atoms with van der Waals surface area (Å²) in [7, 11) is 0. The zero-order valence-electron chi connectivity index (χ0n) is 18.4. The number of amides is 3. The van der Waals surface area contributed by atoms with Gasteiger partial charge in [0.05, 0.1) is 22.8 Å². The maximum Gasteiger partial charge on any atom is 0.317 e. The van der Waals surface area contributed by atoms with Gasteiger partial charge in [0.15, 0.2) is 0 Å². The van der Waals surface area contributed by atoms with E-state index in [0.29, 0.717) is 38.5 Å². The largest absolute Gasteiger partial charge is 0.361 e. The minimum Gasteiger partial charge on any atom is -0.361 e. The van der Waals surface area contributed by atoms with E-state index < -0.39 is 0 Å². The van der Waals surface area contributed by atoms with E-state index in [4.69, 9.17) is 4.52 Å². The number of nitrogens with one attached hydrogen (secondary N) is 1. The van der Waals surface area contributed by atoms with Crippen molar-refractivity contribution in [1.29, 1.82) is 0 Å². The highest BCUT2D eigenvalue weighted by Crippen LogP contribution is 2.24. The van der Waals surface area contributed by atoms with E-state index in [9.17, 15) is 9.59 Å². The molecule has 164 valence electrons. The molecule has 0 aliphatic carbocycles. The summed E-state index contributed by atoms with van der Waals surface area (Å²) in [4.78, 5) is 33.3. The van der Waals surface area contributed by atoms with Gasteiger partial charge in [-0.05, 0) is 13.8 Å². The molecular weight excluding hydrogens is 402 g/mol. The van der Waals surface area contributed by atoms with Crippen molar-refractivity contribution in [2.75, 3.05) is 32.7 Å². The third-order valence-corrected chi connectivity index (χ3v) is 6.27. The van der Waals surface area contributed by atoms with Gasteiger partial charge in [-0.15, -0.1) is 11.3 Å². The second-order valence-electron chi connectivity index (χ2n) is 8.71. The molecule has 8 nitrogen and oxygen atoms in total. The molecule has 0 aromatic carbocycles. The Balaban J connectivity index is 1.40. The van der Waals surface area contributed by atoms with Gasteiger partial charge < -0.3 is 19.6 Å². The number of urea groups is 1. The fourth-order valence-corrected chi connectivity index (χ4v) is 4.36. The number of rotatable bonds is 5. The number of nitrogens with zero attached hydrogens (tertiary/aromatic N) is 4. The molecule has 30 heavy (non-hydrogen) atoms. The van der Waals surface area contributed by atoms with E-state index >= 15 is 0 Å². The summed E-state index contributed by atoms with van der Waals surface area (Å²) in [5, 5.41) is 10.0. The third-order valence-electron chi connectivity index (χ3n) is 5.36. The highest BCUT2D eigenvalue weighted by Gasteiger charge is 2.25. The molecule has 0 spiro atoms. The van der Waals surface area contributed by atoms with Crippen LogP contribution in [0.5, 0.6) is 0 Å². The Kier molecular flexibility index (Phi) is 6.80. The molecule has 1 aliphatic heterocycles. The fourth-order valence-electron chi connectivity index (χ4n) is 3.33. The molecule has 3 rings (SSSR count). The number of piperazine rings is 1. The van der Waals surface area contributed by atoms with Gasteiger partial charge in [-0.3, -0.25) is 4.79 Å². The van der Waals surface area contributed by atoms with E-state index in [0.717, 1.165) is 28.4 Å². The molecule has 0 atom stereocenters. The standard InChI is InChI=1S/C21H31N5O3S/c1-14-16(15(2)29-24-14)12-19(27)25-8-10-26(11-9-25)20(28)22-7-6-18-23-17(13-30-18)21(3,4)5/h13H,6-12H2,1-5H3,(H,22,28). The molecule has 1 saturated heterocycles. The Morgan fingerprint density at radius 2 is 1.83 bits per heavy atom. The second-order valence-corrected chi connectivity index (χ2v) is 9.65. The average molecular weight is 434 g/mol. The van der Waals surface area contributed by atoms with Crippen molar-refractivity contribution in [3.63, 3.8) is 0 Å². The number of aromatic nitrogens is 2. The molecule has 1 aliphatic rings. The predicted octanol–water partition coefficient (Wildman–Crippen LogP) is 2.68. The van der Waals surface area contributed by atoms with Crippen molar-refractivity contribution in [3.8, 4) is 0 Å². The van der Waals surface area contributed by atoms with Crippen molar-refractivity contribution >= 4 is 23.3 Å². The lowest BCUT2D eigenvalue weighted by Crippen LogP contribution is -2.53. The lowest BCUT2D eigenvalue weighted by molar-refractivity contribution is -0.131. The number of carbonyl (C=O) groups excluding carboxylic acids is 2. The maximum atomic E-state index is 12.6. The van der Waals surface area contributed by atoms with Crippen LogP contribution in [-0.4, -0.2) is 64.6 Å². The molecule has 2 aromatic rings. The molecule has 0 unspecified atom stereocenters. The zero-order valence-corrected chi connectivity index (χ0v) is 19.3. The molecule has 3 heterocycles. The van der Waals surface area contributed by atoms with Crippen LogP contribution in [0.2, 0.25) is 0 Å². The normalized spacial score (nSPS) is 14.8. The van der Waals surface area contributed by atoms with Crippen molar-refractivity contribution in [2.45, 2.75) is 52.9 Å². The van der Waals surface area contributed by atoms with Gasteiger partial charge in [0, 0.05) is 55.5 Å². The minimum atomic E-state index is -0.0829. The fraction of sp³-hybridized carbons (Fsp3) is 0.619. The van der Waals surface area contributed by atoms with Gasteiger partial charge in [0.1, 0.15) is 5.76 Å².